The predicted octanol–water partition coefficient (Wildman–Crippen LogP) is 2.39. The van der Waals surface area contributed by atoms with E-state index in [1.807, 2.05) is 0 Å². The molecule has 1 atom stereocenters. The van der Waals surface area contributed by atoms with Crippen LogP contribution in [0, 0.1) is 0 Å². The summed E-state index contributed by atoms with van der Waals surface area (Å²) in [6.07, 6.45) is 2.78. The van der Waals surface area contributed by atoms with E-state index >= 15 is 0 Å². The molecule has 1 aliphatic heterocycles. The third-order valence-corrected chi connectivity index (χ3v) is 7.53. The number of benzene rings is 2. The number of carbonyl (C=O) groups is 2. The van der Waals surface area contributed by atoms with E-state index in [0.717, 1.165) is 12.8 Å². The van der Waals surface area contributed by atoms with Gasteiger partial charge in [0.05, 0.1) is 24.8 Å². The summed E-state index contributed by atoms with van der Waals surface area (Å²) in [7, 11) is -0.684. The summed E-state index contributed by atoms with van der Waals surface area (Å²) in [6.45, 7) is 0.596. The Bertz CT molecular complexity index is 1070. The molecule has 1 saturated heterocycles. The molecule has 0 unspecified atom stereocenters. The minimum absolute atomic E-state index is 0.178. The highest BCUT2D eigenvalue weighted by Gasteiger charge is 2.33. The Hall–Kier alpha value is -3.11. The van der Waals surface area contributed by atoms with Crippen LogP contribution in [0.5, 0.6) is 11.5 Å². The quantitative estimate of drug-likeness (QED) is 0.567. The maximum Gasteiger partial charge on any atom is 0.313 e. The van der Waals surface area contributed by atoms with E-state index in [1.165, 1.54) is 30.7 Å². The highest BCUT2D eigenvalue weighted by molar-refractivity contribution is 7.89. The molecule has 9 nitrogen and oxygen atoms in total. The summed E-state index contributed by atoms with van der Waals surface area (Å²) in [6, 6.07) is 12.8. The van der Waals surface area contributed by atoms with Crippen LogP contribution in [0.25, 0.3) is 0 Å². The Morgan fingerprint density at radius 2 is 1.73 bits per heavy atom. The number of sulfonamides is 1. The number of methoxy groups -OCH3 is 2. The molecule has 1 heterocycles. The van der Waals surface area contributed by atoms with Crippen molar-refractivity contribution < 1.29 is 27.5 Å². The maximum atomic E-state index is 13.2. The van der Waals surface area contributed by atoms with Crippen LogP contribution in [-0.4, -0.2) is 57.9 Å². The van der Waals surface area contributed by atoms with Gasteiger partial charge in [-0.1, -0.05) is 18.6 Å². The van der Waals surface area contributed by atoms with E-state index in [4.69, 9.17) is 9.47 Å². The zero-order chi connectivity index (χ0) is 23.8. The van der Waals surface area contributed by atoms with Gasteiger partial charge in [0, 0.05) is 19.1 Å². The molecule has 0 saturated carbocycles. The highest BCUT2D eigenvalue weighted by atomic mass is 32.2. The van der Waals surface area contributed by atoms with Gasteiger partial charge < -0.3 is 20.1 Å². The second kappa shape index (κ2) is 11.2. The van der Waals surface area contributed by atoms with Gasteiger partial charge in [-0.25, -0.2) is 8.42 Å². The molecule has 0 aliphatic carbocycles. The molecule has 2 aromatic carbocycles. The Balaban J connectivity index is 1.58. The van der Waals surface area contributed by atoms with Gasteiger partial charge >= 0.3 is 11.8 Å². The van der Waals surface area contributed by atoms with E-state index < -0.39 is 21.8 Å². The van der Waals surface area contributed by atoms with Gasteiger partial charge in [-0.2, -0.15) is 4.31 Å². The number of anilines is 1. The molecule has 2 amide bonds. The Morgan fingerprint density at radius 3 is 2.42 bits per heavy atom. The molecular formula is C23H29N3O6S. The molecule has 1 aliphatic rings. The van der Waals surface area contributed by atoms with Crippen molar-refractivity contribution in [2.75, 3.05) is 32.6 Å². The molecule has 0 radical (unpaired) electrons. The molecule has 0 spiro atoms. The van der Waals surface area contributed by atoms with Crippen molar-refractivity contribution in [1.82, 2.24) is 9.62 Å². The fourth-order valence-electron chi connectivity index (χ4n) is 3.82. The lowest BCUT2D eigenvalue weighted by atomic mass is 10.0. The van der Waals surface area contributed by atoms with Crippen molar-refractivity contribution in [2.45, 2.75) is 36.6 Å². The van der Waals surface area contributed by atoms with Crippen LogP contribution >= 0.6 is 0 Å². The summed E-state index contributed by atoms with van der Waals surface area (Å²) < 4.78 is 38.1. The number of ether oxygens (including phenoxy) is 2. The van der Waals surface area contributed by atoms with Crippen LogP contribution in [-0.2, 0) is 19.6 Å². The zero-order valence-corrected chi connectivity index (χ0v) is 19.6. The number of rotatable bonds is 8. The van der Waals surface area contributed by atoms with Crippen molar-refractivity contribution in [1.29, 1.82) is 0 Å². The topological polar surface area (TPSA) is 114 Å². The standard InChI is InChI=1S/C23H29N3O6S/c1-31-18-10-12-19(13-11-18)33(29,30)26-16-6-5-7-17(26)14-15-24-22(27)23(28)25-20-8-3-4-9-21(20)32-2/h3-4,8-13,17H,5-7,14-16H2,1-2H3,(H,24,27)(H,25,28)/t17-/m1/s1. The Labute approximate surface area is 194 Å². The van der Waals surface area contributed by atoms with Crippen LogP contribution in [0.2, 0.25) is 0 Å². The average Bonchev–Trinajstić information content (AvgIpc) is 2.84. The molecule has 0 aromatic heterocycles. The first kappa shape index (κ1) is 24.5. The number of carbonyl (C=O) groups excluding carboxylic acids is 2. The number of hydrogen-bond acceptors (Lipinski definition) is 6. The van der Waals surface area contributed by atoms with Crippen molar-refractivity contribution in [3.63, 3.8) is 0 Å². The average molecular weight is 476 g/mol. The first-order valence-electron chi connectivity index (χ1n) is 10.7. The van der Waals surface area contributed by atoms with Gasteiger partial charge in [-0.3, -0.25) is 9.59 Å². The van der Waals surface area contributed by atoms with Gasteiger partial charge in [-0.15, -0.1) is 0 Å². The van der Waals surface area contributed by atoms with E-state index in [-0.39, 0.29) is 17.5 Å². The number of nitrogens with zero attached hydrogens (tertiary/aromatic N) is 1. The Morgan fingerprint density at radius 1 is 1.00 bits per heavy atom. The van der Waals surface area contributed by atoms with Crippen molar-refractivity contribution >= 4 is 27.5 Å². The van der Waals surface area contributed by atoms with E-state index in [9.17, 15) is 18.0 Å². The number of hydrogen-bond donors (Lipinski definition) is 2. The van der Waals surface area contributed by atoms with E-state index in [0.29, 0.717) is 36.6 Å². The molecule has 0 bridgehead atoms. The largest absolute Gasteiger partial charge is 0.497 e. The molecule has 2 aromatic rings. The molecule has 33 heavy (non-hydrogen) atoms. The third kappa shape index (κ3) is 6.02. The zero-order valence-electron chi connectivity index (χ0n) is 18.7. The lowest BCUT2D eigenvalue weighted by molar-refractivity contribution is -0.136. The minimum Gasteiger partial charge on any atom is -0.497 e. The smallest absolute Gasteiger partial charge is 0.313 e. The first-order chi connectivity index (χ1) is 15.9. The molecule has 10 heteroatoms. The third-order valence-electron chi connectivity index (χ3n) is 5.56. The SMILES string of the molecule is COc1ccc(S(=O)(=O)N2CCCC[C@@H]2CCNC(=O)C(=O)Nc2ccccc2OC)cc1. The van der Waals surface area contributed by atoms with Gasteiger partial charge in [0.2, 0.25) is 10.0 Å². The van der Waals surface area contributed by atoms with E-state index in [2.05, 4.69) is 10.6 Å². The molecule has 3 rings (SSSR count). The monoisotopic (exact) mass is 475 g/mol. The van der Waals surface area contributed by atoms with Crippen LogP contribution in [0.4, 0.5) is 5.69 Å². The lowest BCUT2D eigenvalue weighted by Crippen LogP contribution is -2.45. The summed E-state index contributed by atoms with van der Waals surface area (Å²) in [5.41, 5.74) is 0.393. The number of amides is 2. The summed E-state index contributed by atoms with van der Waals surface area (Å²) in [5.74, 6) is -0.578. The fraction of sp³-hybridized carbons (Fsp3) is 0.391. The van der Waals surface area contributed by atoms with E-state index in [1.54, 1.807) is 36.4 Å². The normalized spacial score (nSPS) is 16.6. The Kier molecular flexibility index (Phi) is 8.29. The summed E-state index contributed by atoms with van der Waals surface area (Å²) in [4.78, 5) is 24.7. The predicted molar refractivity (Wildman–Crippen MR) is 124 cm³/mol. The van der Waals surface area contributed by atoms with Crippen molar-refractivity contribution in [3.8, 4) is 11.5 Å². The minimum atomic E-state index is -3.68. The fourth-order valence-corrected chi connectivity index (χ4v) is 5.55. The number of piperidine rings is 1. The molecule has 178 valence electrons. The van der Waals surface area contributed by atoms with Gasteiger partial charge in [0.15, 0.2) is 0 Å². The van der Waals surface area contributed by atoms with Crippen molar-refractivity contribution in [2.24, 2.45) is 0 Å². The first-order valence-corrected chi connectivity index (χ1v) is 12.2. The summed E-state index contributed by atoms with van der Waals surface area (Å²) >= 11 is 0. The lowest BCUT2D eigenvalue weighted by Gasteiger charge is -2.34. The maximum absolute atomic E-state index is 13.2. The van der Waals surface area contributed by atoms with Gasteiger partial charge in [-0.05, 0) is 55.7 Å². The number of nitrogens with one attached hydrogen (secondary N) is 2. The second-order valence-corrected chi connectivity index (χ2v) is 9.53. The highest BCUT2D eigenvalue weighted by Crippen LogP contribution is 2.28. The van der Waals surface area contributed by atoms with Crippen LogP contribution < -0.4 is 20.1 Å². The summed E-state index contributed by atoms with van der Waals surface area (Å²) in [5, 5.41) is 5.11. The van der Waals surface area contributed by atoms with Crippen LogP contribution in [0.3, 0.4) is 0 Å². The van der Waals surface area contributed by atoms with Crippen LogP contribution in [0.15, 0.2) is 53.4 Å². The molecular weight excluding hydrogens is 446 g/mol. The molecule has 1 fully saturated rings. The van der Waals surface area contributed by atoms with Gasteiger partial charge in [0.1, 0.15) is 11.5 Å². The van der Waals surface area contributed by atoms with Gasteiger partial charge in [0.25, 0.3) is 0 Å². The number of para-hydroxylation sites is 2. The van der Waals surface area contributed by atoms with Crippen molar-refractivity contribution in [3.05, 3.63) is 48.5 Å². The molecule has 2 N–H and O–H groups in total. The second-order valence-electron chi connectivity index (χ2n) is 7.64. The van der Waals surface area contributed by atoms with Crippen LogP contribution in [0.1, 0.15) is 25.7 Å².